The van der Waals surface area contributed by atoms with Gasteiger partial charge in [-0.2, -0.15) is 0 Å². The van der Waals surface area contributed by atoms with Crippen molar-refractivity contribution in [1.29, 1.82) is 0 Å². The van der Waals surface area contributed by atoms with Crippen LogP contribution in [0.5, 0.6) is 5.75 Å². The van der Waals surface area contributed by atoms with Crippen LogP contribution in [-0.2, 0) is 4.74 Å². The lowest BCUT2D eigenvalue weighted by Gasteiger charge is -2.25. The standard InChI is InChI=1S/C15H21NO3/c1-3-8-19-12-6-4-11(5-7-12)14(17)15(2)10-18-9-13(15)16/h4-7,13H,3,8-10,16H2,1-2H3. The molecule has 2 rings (SSSR count). The minimum atomic E-state index is -0.619. The third-order valence-corrected chi connectivity index (χ3v) is 3.63. The Labute approximate surface area is 113 Å². The first kappa shape index (κ1) is 14.0. The Morgan fingerprint density at radius 3 is 2.68 bits per heavy atom. The molecule has 19 heavy (non-hydrogen) atoms. The third-order valence-electron chi connectivity index (χ3n) is 3.63. The number of Topliss-reactive ketones (excluding diaryl/α,β-unsaturated/α-hetero) is 1. The summed E-state index contributed by atoms with van der Waals surface area (Å²) in [5.74, 6) is 0.829. The number of ether oxygens (including phenoxy) is 2. The fraction of sp³-hybridized carbons (Fsp3) is 0.533. The zero-order chi connectivity index (χ0) is 13.9. The van der Waals surface area contributed by atoms with E-state index in [4.69, 9.17) is 15.2 Å². The highest BCUT2D eigenvalue weighted by atomic mass is 16.5. The zero-order valence-electron chi connectivity index (χ0n) is 11.5. The van der Waals surface area contributed by atoms with Crippen LogP contribution < -0.4 is 10.5 Å². The first-order valence-electron chi connectivity index (χ1n) is 6.69. The number of hydrogen-bond donors (Lipinski definition) is 1. The molecule has 2 atom stereocenters. The number of rotatable bonds is 5. The highest BCUT2D eigenvalue weighted by Gasteiger charge is 2.44. The summed E-state index contributed by atoms with van der Waals surface area (Å²) < 4.78 is 10.8. The minimum Gasteiger partial charge on any atom is -0.494 e. The Morgan fingerprint density at radius 2 is 2.16 bits per heavy atom. The molecule has 0 radical (unpaired) electrons. The number of hydrogen-bond acceptors (Lipinski definition) is 4. The van der Waals surface area contributed by atoms with Gasteiger partial charge in [0.25, 0.3) is 0 Å². The number of ketones is 1. The van der Waals surface area contributed by atoms with Crippen LogP contribution in [0.1, 0.15) is 30.6 Å². The van der Waals surface area contributed by atoms with Crippen molar-refractivity contribution in [3.05, 3.63) is 29.8 Å². The summed E-state index contributed by atoms with van der Waals surface area (Å²) in [6.45, 7) is 5.44. The van der Waals surface area contributed by atoms with Gasteiger partial charge in [-0.05, 0) is 37.6 Å². The van der Waals surface area contributed by atoms with Crippen molar-refractivity contribution in [3.8, 4) is 5.75 Å². The molecule has 1 aromatic carbocycles. The second kappa shape index (κ2) is 5.72. The lowest BCUT2D eigenvalue weighted by Crippen LogP contribution is -2.44. The van der Waals surface area contributed by atoms with E-state index in [9.17, 15) is 4.79 Å². The van der Waals surface area contributed by atoms with Crippen LogP contribution in [-0.4, -0.2) is 31.6 Å². The maximum absolute atomic E-state index is 12.5. The zero-order valence-corrected chi connectivity index (χ0v) is 11.5. The Balaban J connectivity index is 2.11. The van der Waals surface area contributed by atoms with Crippen molar-refractivity contribution in [1.82, 2.24) is 0 Å². The van der Waals surface area contributed by atoms with Gasteiger partial charge in [-0.15, -0.1) is 0 Å². The molecule has 2 unspecified atom stereocenters. The molecule has 0 aromatic heterocycles. The molecule has 104 valence electrons. The van der Waals surface area contributed by atoms with Crippen molar-refractivity contribution >= 4 is 5.78 Å². The summed E-state index contributed by atoms with van der Waals surface area (Å²) in [6, 6.07) is 7.00. The maximum Gasteiger partial charge on any atom is 0.172 e. The minimum absolute atomic E-state index is 0.0412. The monoisotopic (exact) mass is 263 g/mol. The van der Waals surface area contributed by atoms with E-state index in [0.717, 1.165) is 12.2 Å². The molecule has 0 saturated carbocycles. The van der Waals surface area contributed by atoms with Crippen LogP contribution in [0.2, 0.25) is 0 Å². The molecule has 4 nitrogen and oxygen atoms in total. The second-order valence-corrected chi connectivity index (χ2v) is 5.24. The van der Waals surface area contributed by atoms with Gasteiger partial charge in [0.1, 0.15) is 5.75 Å². The Morgan fingerprint density at radius 1 is 1.47 bits per heavy atom. The van der Waals surface area contributed by atoms with Crippen LogP contribution in [0.15, 0.2) is 24.3 Å². The number of benzene rings is 1. The molecule has 1 saturated heterocycles. The predicted octanol–water partition coefficient (Wildman–Crippen LogP) is 2.02. The number of nitrogens with two attached hydrogens (primary N) is 1. The van der Waals surface area contributed by atoms with E-state index in [1.54, 1.807) is 12.1 Å². The Kier molecular flexibility index (Phi) is 4.22. The predicted molar refractivity (Wildman–Crippen MR) is 73.5 cm³/mol. The van der Waals surface area contributed by atoms with Gasteiger partial charge in [-0.3, -0.25) is 4.79 Å². The first-order chi connectivity index (χ1) is 9.08. The average Bonchev–Trinajstić information content (AvgIpc) is 2.77. The third kappa shape index (κ3) is 2.80. The molecule has 0 bridgehead atoms. The molecule has 1 heterocycles. The lowest BCUT2D eigenvalue weighted by molar-refractivity contribution is 0.0767. The van der Waals surface area contributed by atoms with Crippen LogP contribution in [0, 0.1) is 5.41 Å². The number of carbonyl (C=O) groups excluding carboxylic acids is 1. The maximum atomic E-state index is 12.5. The summed E-state index contributed by atoms with van der Waals surface area (Å²) in [4.78, 5) is 12.5. The van der Waals surface area contributed by atoms with Crippen molar-refractivity contribution in [2.75, 3.05) is 19.8 Å². The topological polar surface area (TPSA) is 61.5 Å². The quantitative estimate of drug-likeness (QED) is 0.826. The molecule has 2 N–H and O–H groups in total. The van der Waals surface area contributed by atoms with E-state index in [0.29, 0.717) is 25.4 Å². The van der Waals surface area contributed by atoms with Crippen molar-refractivity contribution in [3.63, 3.8) is 0 Å². The van der Waals surface area contributed by atoms with Crippen LogP contribution in [0.3, 0.4) is 0 Å². The SMILES string of the molecule is CCCOc1ccc(C(=O)C2(C)COCC2N)cc1. The largest absolute Gasteiger partial charge is 0.494 e. The summed E-state index contributed by atoms with van der Waals surface area (Å²) in [5, 5.41) is 0. The average molecular weight is 263 g/mol. The van der Waals surface area contributed by atoms with Crippen molar-refractivity contribution in [2.24, 2.45) is 11.1 Å². The fourth-order valence-corrected chi connectivity index (χ4v) is 2.17. The van der Waals surface area contributed by atoms with Gasteiger partial charge >= 0.3 is 0 Å². The molecule has 1 aliphatic rings. The van der Waals surface area contributed by atoms with Gasteiger partial charge < -0.3 is 15.2 Å². The molecule has 1 fully saturated rings. The molecule has 1 aliphatic heterocycles. The van der Waals surface area contributed by atoms with E-state index in [2.05, 4.69) is 6.92 Å². The van der Waals surface area contributed by atoms with Crippen molar-refractivity contribution < 1.29 is 14.3 Å². The molecule has 1 aromatic rings. The van der Waals surface area contributed by atoms with E-state index in [-0.39, 0.29) is 11.8 Å². The van der Waals surface area contributed by atoms with Gasteiger partial charge in [-0.1, -0.05) is 6.92 Å². The molecular weight excluding hydrogens is 242 g/mol. The van der Waals surface area contributed by atoms with Gasteiger partial charge in [0, 0.05) is 11.6 Å². The Bertz CT molecular complexity index is 443. The van der Waals surface area contributed by atoms with E-state index in [1.165, 1.54) is 0 Å². The fourth-order valence-electron chi connectivity index (χ4n) is 2.17. The van der Waals surface area contributed by atoms with E-state index < -0.39 is 5.41 Å². The Hall–Kier alpha value is -1.39. The van der Waals surface area contributed by atoms with Gasteiger partial charge in [-0.25, -0.2) is 0 Å². The molecular formula is C15H21NO3. The van der Waals surface area contributed by atoms with Crippen LogP contribution in [0.4, 0.5) is 0 Å². The molecule has 4 heteroatoms. The second-order valence-electron chi connectivity index (χ2n) is 5.24. The molecule has 0 aliphatic carbocycles. The van der Waals surface area contributed by atoms with Crippen molar-refractivity contribution in [2.45, 2.75) is 26.3 Å². The molecule has 0 spiro atoms. The molecule has 0 amide bonds. The summed E-state index contributed by atoms with van der Waals surface area (Å²) in [6.07, 6.45) is 0.963. The van der Waals surface area contributed by atoms with E-state index >= 15 is 0 Å². The van der Waals surface area contributed by atoms with Crippen LogP contribution in [0.25, 0.3) is 0 Å². The van der Waals surface area contributed by atoms with Gasteiger partial charge in [0.05, 0.1) is 25.2 Å². The van der Waals surface area contributed by atoms with Crippen LogP contribution >= 0.6 is 0 Å². The smallest absolute Gasteiger partial charge is 0.172 e. The highest BCUT2D eigenvalue weighted by molar-refractivity contribution is 6.01. The van der Waals surface area contributed by atoms with Gasteiger partial charge in [0.2, 0.25) is 0 Å². The van der Waals surface area contributed by atoms with E-state index in [1.807, 2.05) is 19.1 Å². The summed E-state index contributed by atoms with van der Waals surface area (Å²) in [7, 11) is 0. The highest BCUT2D eigenvalue weighted by Crippen LogP contribution is 2.31. The first-order valence-corrected chi connectivity index (χ1v) is 6.69. The summed E-state index contributed by atoms with van der Waals surface area (Å²) >= 11 is 0. The normalized spacial score (nSPS) is 26.4. The lowest BCUT2D eigenvalue weighted by atomic mass is 9.78. The number of carbonyl (C=O) groups is 1. The van der Waals surface area contributed by atoms with Gasteiger partial charge in [0.15, 0.2) is 5.78 Å². The summed E-state index contributed by atoms with van der Waals surface area (Å²) in [5.41, 5.74) is 6.02.